The van der Waals surface area contributed by atoms with Gasteiger partial charge in [-0.05, 0) is 12.1 Å². The van der Waals surface area contributed by atoms with E-state index in [1.165, 1.54) is 20.2 Å². The van der Waals surface area contributed by atoms with Crippen LogP contribution in [0.1, 0.15) is 6.92 Å². The Balaban J connectivity index is 3.17. The molecule has 112 valence electrons. The van der Waals surface area contributed by atoms with Crippen LogP contribution >= 0.6 is 0 Å². The largest absolute Gasteiger partial charge is 0.481 e. The number of hydrogen-bond donors (Lipinski definition) is 1. The zero-order valence-electron chi connectivity index (χ0n) is 12.1. The van der Waals surface area contributed by atoms with Crippen LogP contribution in [0.25, 0.3) is 0 Å². The lowest BCUT2D eigenvalue weighted by Crippen LogP contribution is -2.31. The van der Waals surface area contributed by atoms with Crippen molar-refractivity contribution in [2.24, 2.45) is 5.92 Å². The van der Waals surface area contributed by atoms with Crippen LogP contribution in [-0.4, -0.2) is 51.5 Å². The Labute approximate surface area is 119 Å². The third-order valence-electron chi connectivity index (χ3n) is 3.00. The first kappa shape index (κ1) is 16.5. The molecule has 0 aliphatic rings. The topological polar surface area (TPSA) is 77.9 Å². The van der Waals surface area contributed by atoms with E-state index in [0.717, 1.165) is 4.31 Å². The summed E-state index contributed by atoms with van der Waals surface area (Å²) < 4.78 is 25.7. The number of rotatable bonds is 6. The summed E-state index contributed by atoms with van der Waals surface area (Å²) in [6.07, 6.45) is 0. The second-order valence-corrected chi connectivity index (χ2v) is 7.00. The van der Waals surface area contributed by atoms with Gasteiger partial charge in [-0.2, -0.15) is 0 Å². The molecule has 0 saturated heterocycles. The van der Waals surface area contributed by atoms with Crippen LogP contribution in [0.15, 0.2) is 29.2 Å². The highest BCUT2D eigenvalue weighted by molar-refractivity contribution is 7.89. The smallest absolute Gasteiger partial charge is 0.308 e. The first-order valence-electron chi connectivity index (χ1n) is 6.13. The number of para-hydroxylation sites is 1. The number of hydrogen-bond acceptors (Lipinski definition) is 4. The normalized spacial score (nSPS) is 13.2. The lowest BCUT2D eigenvalue weighted by atomic mass is 10.1. The Morgan fingerprint density at radius 1 is 1.25 bits per heavy atom. The molecule has 0 fully saturated rings. The van der Waals surface area contributed by atoms with Gasteiger partial charge in [0.25, 0.3) is 0 Å². The molecule has 1 aromatic rings. The molecule has 0 aliphatic carbocycles. The second kappa shape index (κ2) is 6.23. The number of aliphatic carboxylic acids is 1. The van der Waals surface area contributed by atoms with Crippen molar-refractivity contribution in [3.8, 4) is 0 Å². The summed E-state index contributed by atoms with van der Waals surface area (Å²) in [5.41, 5.74) is 0.495. The van der Waals surface area contributed by atoms with E-state index in [4.69, 9.17) is 5.11 Å². The quantitative estimate of drug-likeness (QED) is 0.851. The molecule has 0 radical (unpaired) electrons. The van der Waals surface area contributed by atoms with Gasteiger partial charge in [-0.25, -0.2) is 12.7 Å². The highest BCUT2D eigenvalue weighted by atomic mass is 32.2. The predicted molar refractivity (Wildman–Crippen MR) is 77.4 cm³/mol. The molecule has 7 heteroatoms. The molecule has 0 aliphatic heterocycles. The van der Waals surface area contributed by atoms with Gasteiger partial charge in [0.2, 0.25) is 10.0 Å². The Hall–Kier alpha value is -1.60. The number of sulfonamides is 1. The van der Waals surface area contributed by atoms with Crippen LogP contribution in [0.5, 0.6) is 0 Å². The average molecular weight is 300 g/mol. The van der Waals surface area contributed by atoms with Crippen molar-refractivity contribution >= 4 is 21.7 Å². The lowest BCUT2D eigenvalue weighted by molar-refractivity contribution is -0.140. The van der Waals surface area contributed by atoms with Crippen LogP contribution in [0.2, 0.25) is 0 Å². The molecule has 1 rings (SSSR count). The molecule has 0 aromatic heterocycles. The molecular weight excluding hydrogens is 280 g/mol. The first-order chi connectivity index (χ1) is 9.17. The fraction of sp³-hybridized carbons (Fsp3) is 0.462. The van der Waals surface area contributed by atoms with E-state index in [0.29, 0.717) is 5.69 Å². The number of anilines is 1. The molecule has 1 atom stereocenters. The molecular formula is C13H20N2O4S. The maximum Gasteiger partial charge on any atom is 0.308 e. The molecule has 6 nitrogen and oxygen atoms in total. The number of carbonyl (C=O) groups is 1. The third kappa shape index (κ3) is 3.49. The van der Waals surface area contributed by atoms with Gasteiger partial charge in [-0.1, -0.05) is 19.1 Å². The third-order valence-corrected chi connectivity index (χ3v) is 4.87. The summed E-state index contributed by atoms with van der Waals surface area (Å²) in [7, 11) is 1.05. The zero-order chi connectivity index (χ0) is 15.5. The van der Waals surface area contributed by atoms with E-state index in [1.54, 1.807) is 37.1 Å². The van der Waals surface area contributed by atoms with Gasteiger partial charge in [-0.3, -0.25) is 4.79 Å². The summed E-state index contributed by atoms with van der Waals surface area (Å²) in [6, 6.07) is 6.57. The Morgan fingerprint density at radius 3 is 2.30 bits per heavy atom. The summed E-state index contributed by atoms with van der Waals surface area (Å²) >= 11 is 0. The molecule has 0 spiro atoms. The number of nitrogens with zero attached hydrogens (tertiary/aromatic N) is 2. The number of benzene rings is 1. The Bertz CT molecular complexity index is 584. The molecule has 0 amide bonds. The van der Waals surface area contributed by atoms with Gasteiger partial charge >= 0.3 is 5.97 Å². The zero-order valence-corrected chi connectivity index (χ0v) is 12.9. The van der Waals surface area contributed by atoms with Crippen LogP contribution in [0, 0.1) is 5.92 Å². The first-order valence-corrected chi connectivity index (χ1v) is 7.57. The SMILES string of the molecule is CC(CN(C)c1ccccc1S(=O)(=O)N(C)C)C(=O)O. The molecule has 1 unspecified atom stereocenters. The van der Waals surface area contributed by atoms with E-state index in [2.05, 4.69) is 0 Å². The Kier molecular flexibility index (Phi) is 5.13. The van der Waals surface area contributed by atoms with Gasteiger partial charge in [0.05, 0.1) is 11.6 Å². The van der Waals surface area contributed by atoms with E-state index in [1.807, 2.05) is 0 Å². The average Bonchev–Trinajstić information content (AvgIpc) is 2.38. The maximum absolute atomic E-state index is 12.3. The molecule has 1 N–H and O–H groups in total. The lowest BCUT2D eigenvalue weighted by Gasteiger charge is -2.25. The monoisotopic (exact) mass is 300 g/mol. The molecule has 0 heterocycles. The van der Waals surface area contributed by atoms with Gasteiger partial charge in [0.15, 0.2) is 0 Å². The van der Waals surface area contributed by atoms with E-state index in [-0.39, 0.29) is 11.4 Å². The van der Waals surface area contributed by atoms with Crippen molar-refractivity contribution in [1.82, 2.24) is 4.31 Å². The summed E-state index contributed by atoms with van der Waals surface area (Å²) in [5.74, 6) is -1.50. The fourth-order valence-electron chi connectivity index (χ4n) is 1.77. The number of carboxylic acids is 1. The standard InChI is InChI=1S/C13H20N2O4S/c1-10(13(16)17)9-15(4)11-7-5-6-8-12(11)20(18,19)14(2)3/h5-8,10H,9H2,1-4H3,(H,16,17). The highest BCUT2D eigenvalue weighted by Gasteiger charge is 2.24. The Morgan fingerprint density at radius 2 is 1.80 bits per heavy atom. The maximum atomic E-state index is 12.3. The van der Waals surface area contributed by atoms with Crippen LogP contribution in [-0.2, 0) is 14.8 Å². The molecule has 20 heavy (non-hydrogen) atoms. The van der Waals surface area contributed by atoms with Gasteiger partial charge in [0.1, 0.15) is 4.90 Å². The van der Waals surface area contributed by atoms with Crippen molar-refractivity contribution < 1.29 is 18.3 Å². The van der Waals surface area contributed by atoms with Crippen LogP contribution in [0.4, 0.5) is 5.69 Å². The van der Waals surface area contributed by atoms with E-state index >= 15 is 0 Å². The summed E-state index contributed by atoms with van der Waals surface area (Å²) in [6.45, 7) is 1.82. The second-order valence-electron chi connectivity index (χ2n) is 4.87. The van der Waals surface area contributed by atoms with Crippen molar-refractivity contribution in [2.75, 3.05) is 32.6 Å². The molecule has 0 saturated carbocycles. The number of carboxylic acid groups (broad SMARTS) is 1. The predicted octanol–water partition coefficient (Wildman–Crippen LogP) is 1.09. The summed E-state index contributed by atoms with van der Waals surface area (Å²) in [4.78, 5) is 12.7. The van der Waals surface area contributed by atoms with Crippen molar-refractivity contribution in [3.63, 3.8) is 0 Å². The van der Waals surface area contributed by atoms with Gasteiger partial charge in [-0.15, -0.1) is 0 Å². The van der Waals surface area contributed by atoms with Crippen molar-refractivity contribution in [3.05, 3.63) is 24.3 Å². The molecule has 1 aromatic carbocycles. The summed E-state index contributed by atoms with van der Waals surface area (Å²) in [5, 5.41) is 8.94. The van der Waals surface area contributed by atoms with E-state index < -0.39 is 21.9 Å². The fourth-order valence-corrected chi connectivity index (χ4v) is 2.91. The van der Waals surface area contributed by atoms with Crippen LogP contribution in [0.3, 0.4) is 0 Å². The minimum atomic E-state index is -3.56. The van der Waals surface area contributed by atoms with Crippen LogP contribution < -0.4 is 4.90 Å². The minimum absolute atomic E-state index is 0.171. The van der Waals surface area contributed by atoms with Crippen molar-refractivity contribution in [1.29, 1.82) is 0 Å². The van der Waals surface area contributed by atoms with Gasteiger partial charge < -0.3 is 10.0 Å². The van der Waals surface area contributed by atoms with Crippen molar-refractivity contribution in [2.45, 2.75) is 11.8 Å². The van der Waals surface area contributed by atoms with Gasteiger partial charge in [0, 0.05) is 27.7 Å². The molecule has 0 bridgehead atoms. The highest BCUT2D eigenvalue weighted by Crippen LogP contribution is 2.26. The van der Waals surface area contributed by atoms with E-state index in [9.17, 15) is 13.2 Å². The minimum Gasteiger partial charge on any atom is -0.481 e.